The van der Waals surface area contributed by atoms with E-state index in [0.717, 1.165) is 22.7 Å². The number of carbonyl (C=O) groups excluding carboxylic acids is 1. The molecule has 0 aliphatic rings. The van der Waals surface area contributed by atoms with Gasteiger partial charge in [-0.3, -0.25) is 9.10 Å². The topological polar surface area (TPSA) is 66.5 Å². The summed E-state index contributed by atoms with van der Waals surface area (Å²) in [5, 5.41) is 3.38. The van der Waals surface area contributed by atoms with Crippen molar-refractivity contribution in [2.24, 2.45) is 5.92 Å². The lowest BCUT2D eigenvalue weighted by Gasteiger charge is -2.26. The summed E-state index contributed by atoms with van der Waals surface area (Å²) in [7, 11) is -3.98. The Morgan fingerprint density at radius 1 is 0.971 bits per heavy atom. The van der Waals surface area contributed by atoms with Crippen LogP contribution in [0.4, 0.5) is 5.69 Å². The zero-order chi connectivity index (χ0) is 24.7. The van der Waals surface area contributed by atoms with Gasteiger partial charge in [-0.25, -0.2) is 8.42 Å². The van der Waals surface area contributed by atoms with E-state index in [9.17, 15) is 13.2 Å². The molecule has 34 heavy (non-hydrogen) atoms. The number of carbonyl (C=O) groups is 1. The van der Waals surface area contributed by atoms with Gasteiger partial charge in [0, 0.05) is 11.6 Å². The standard InChI is InChI=1S/C27H31ClN2O3S/c1-4-22(17-23-9-6-5-7-10-23)18-29-27(31)19-30(26-12-8-11-25(28)21(26)3)34(32,33)24-15-13-20(2)14-16-24/h5-16,22H,4,17-19H2,1-3H3,(H,29,31). The van der Waals surface area contributed by atoms with Gasteiger partial charge < -0.3 is 5.32 Å². The number of anilines is 1. The normalized spacial score (nSPS) is 12.2. The number of nitrogens with one attached hydrogen (secondary N) is 1. The van der Waals surface area contributed by atoms with Crippen LogP contribution in [0.2, 0.25) is 5.02 Å². The van der Waals surface area contributed by atoms with Gasteiger partial charge in [0.05, 0.1) is 10.6 Å². The Balaban J connectivity index is 1.82. The minimum atomic E-state index is -3.98. The first-order valence-electron chi connectivity index (χ1n) is 11.4. The molecule has 0 radical (unpaired) electrons. The number of hydrogen-bond acceptors (Lipinski definition) is 3. The molecule has 0 saturated carbocycles. The minimum Gasteiger partial charge on any atom is -0.354 e. The zero-order valence-corrected chi connectivity index (χ0v) is 21.4. The largest absolute Gasteiger partial charge is 0.354 e. The summed E-state index contributed by atoms with van der Waals surface area (Å²) in [5.74, 6) is -0.108. The Labute approximate surface area is 207 Å². The van der Waals surface area contributed by atoms with Gasteiger partial charge in [-0.2, -0.15) is 0 Å². The highest BCUT2D eigenvalue weighted by atomic mass is 35.5. The molecule has 0 fully saturated rings. The van der Waals surface area contributed by atoms with E-state index in [1.165, 1.54) is 5.56 Å². The molecule has 3 rings (SSSR count). The molecule has 1 unspecified atom stereocenters. The maximum Gasteiger partial charge on any atom is 0.264 e. The van der Waals surface area contributed by atoms with E-state index in [4.69, 9.17) is 11.6 Å². The number of sulfonamides is 1. The number of benzene rings is 3. The number of amides is 1. The van der Waals surface area contributed by atoms with Crippen molar-refractivity contribution in [3.8, 4) is 0 Å². The van der Waals surface area contributed by atoms with Crippen molar-refractivity contribution in [3.05, 3.63) is 94.5 Å². The van der Waals surface area contributed by atoms with Crippen LogP contribution < -0.4 is 9.62 Å². The number of hydrogen-bond donors (Lipinski definition) is 1. The first kappa shape index (κ1) is 25.8. The van der Waals surface area contributed by atoms with Crippen LogP contribution in [0.3, 0.4) is 0 Å². The van der Waals surface area contributed by atoms with Crippen LogP contribution in [0.5, 0.6) is 0 Å². The van der Waals surface area contributed by atoms with E-state index in [1.807, 2.05) is 25.1 Å². The zero-order valence-electron chi connectivity index (χ0n) is 19.8. The predicted molar refractivity (Wildman–Crippen MR) is 139 cm³/mol. The molecule has 1 atom stereocenters. The number of halogens is 1. The molecular formula is C27H31ClN2O3S. The Morgan fingerprint density at radius 2 is 1.65 bits per heavy atom. The van der Waals surface area contributed by atoms with Crippen LogP contribution in [0.15, 0.2) is 77.7 Å². The van der Waals surface area contributed by atoms with E-state index in [1.54, 1.807) is 49.4 Å². The SMILES string of the molecule is CCC(CNC(=O)CN(c1cccc(Cl)c1C)S(=O)(=O)c1ccc(C)cc1)Cc1ccccc1. The summed E-state index contributed by atoms with van der Waals surface area (Å²) in [5.41, 5.74) is 3.15. The summed E-state index contributed by atoms with van der Waals surface area (Å²) in [4.78, 5) is 13.1. The van der Waals surface area contributed by atoms with Crippen LogP contribution in [0.1, 0.15) is 30.0 Å². The highest BCUT2D eigenvalue weighted by Crippen LogP contribution is 2.30. The highest BCUT2D eigenvalue weighted by molar-refractivity contribution is 7.92. The van der Waals surface area contributed by atoms with E-state index < -0.39 is 10.0 Å². The van der Waals surface area contributed by atoms with Crippen LogP contribution in [-0.2, 0) is 21.2 Å². The number of rotatable bonds is 10. The monoisotopic (exact) mass is 498 g/mol. The van der Waals surface area contributed by atoms with Crippen molar-refractivity contribution in [2.75, 3.05) is 17.4 Å². The summed E-state index contributed by atoms with van der Waals surface area (Å²) < 4.78 is 28.3. The van der Waals surface area contributed by atoms with Crippen molar-refractivity contribution >= 4 is 33.2 Å². The molecule has 5 nitrogen and oxygen atoms in total. The third-order valence-corrected chi connectivity index (χ3v) is 8.12. The summed E-state index contributed by atoms with van der Waals surface area (Å²) in [6, 6.07) is 21.8. The Kier molecular flexibility index (Phi) is 8.75. The van der Waals surface area contributed by atoms with Gasteiger partial charge in [0.1, 0.15) is 6.54 Å². The molecule has 0 aliphatic carbocycles. The quantitative estimate of drug-likeness (QED) is 0.399. The van der Waals surface area contributed by atoms with Crippen LogP contribution in [-0.4, -0.2) is 27.4 Å². The lowest BCUT2D eigenvalue weighted by Crippen LogP contribution is -2.42. The van der Waals surface area contributed by atoms with Crippen LogP contribution in [0, 0.1) is 19.8 Å². The fourth-order valence-electron chi connectivity index (χ4n) is 3.76. The number of aryl methyl sites for hydroxylation is 1. The molecule has 0 bridgehead atoms. The van der Waals surface area contributed by atoms with Gasteiger partial charge in [-0.15, -0.1) is 0 Å². The molecule has 7 heteroatoms. The highest BCUT2D eigenvalue weighted by Gasteiger charge is 2.29. The summed E-state index contributed by atoms with van der Waals surface area (Å²) in [6.07, 6.45) is 1.74. The van der Waals surface area contributed by atoms with E-state index in [0.29, 0.717) is 22.8 Å². The average molecular weight is 499 g/mol. The van der Waals surface area contributed by atoms with Gasteiger partial charge >= 0.3 is 0 Å². The molecule has 0 spiro atoms. The van der Waals surface area contributed by atoms with E-state index in [2.05, 4.69) is 24.4 Å². The fourth-order valence-corrected chi connectivity index (χ4v) is 5.40. The average Bonchev–Trinajstić information content (AvgIpc) is 2.83. The third kappa shape index (κ3) is 6.39. The third-order valence-electron chi connectivity index (χ3n) is 5.94. The fraction of sp³-hybridized carbons (Fsp3) is 0.296. The van der Waals surface area contributed by atoms with Crippen molar-refractivity contribution in [3.63, 3.8) is 0 Å². The smallest absolute Gasteiger partial charge is 0.264 e. The Bertz CT molecular complexity index is 1210. The lowest BCUT2D eigenvalue weighted by atomic mass is 9.97. The molecule has 1 amide bonds. The van der Waals surface area contributed by atoms with E-state index in [-0.39, 0.29) is 23.3 Å². The van der Waals surface area contributed by atoms with Gasteiger partial charge in [0.2, 0.25) is 5.91 Å². The van der Waals surface area contributed by atoms with Gasteiger partial charge in [-0.05, 0) is 61.6 Å². The first-order valence-corrected chi connectivity index (χ1v) is 13.2. The Morgan fingerprint density at radius 3 is 2.29 bits per heavy atom. The molecule has 3 aromatic rings. The van der Waals surface area contributed by atoms with E-state index >= 15 is 0 Å². The van der Waals surface area contributed by atoms with Crippen molar-refractivity contribution < 1.29 is 13.2 Å². The van der Waals surface area contributed by atoms with Crippen molar-refractivity contribution in [2.45, 2.75) is 38.5 Å². The van der Waals surface area contributed by atoms with Crippen LogP contribution in [0.25, 0.3) is 0 Å². The first-order chi connectivity index (χ1) is 16.2. The van der Waals surface area contributed by atoms with Crippen LogP contribution >= 0.6 is 11.6 Å². The maximum absolute atomic E-state index is 13.6. The molecule has 0 aliphatic heterocycles. The Hall–Kier alpha value is -2.83. The lowest BCUT2D eigenvalue weighted by molar-refractivity contribution is -0.119. The minimum absolute atomic E-state index is 0.126. The van der Waals surface area contributed by atoms with Crippen molar-refractivity contribution in [1.82, 2.24) is 5.32 Å². The molecule has 0 saturated heterocycles. The molecule has 180 valence electrons. The molecule has 3 aromatic carbocycles. The molecule has 0 heterocycles. The van der Waals surface area contributed by atoms with Gasteiger partial charge in [-0.1, -0.05) is 79.0 Å². The summed E-state index contributed by atoms with van der Waals surface area (Å²) in [6.45, 7) is 5.86. The second-order valence-corrected chi connectivity index (χ2v) is 10.7. The van der Waals surface area contributed by atoms with Gasteiger partial charge in [0.25, 0.3) is 10.0 Å². The summed E-state index contributed by atoms with van der Waals surface area (Å²) >= 11 is 6.29. The van der Waals surface area contributed by atoms with Gasteiger partial charge in [0.15, 0.2) is 0 Å². The second-order valence-electron chi connectivity index (χ2n) is 8.48. The molecule has 0 aromatic heterocycles. The molecule has 1 N–H and O–H groups in total. The van der Waals surface area contributed by atoms with Crippen molar-refractivity contribution in [1.29, 1.82) is 0 Å². The molecular weight excluding hydrogens is 468 g/mol. The predicted octanol–water partition coefficient (Wildman–Crippen LogP) is 5.54. The maximum atomic E-state index is 13.6. The second kappa shape index (κ2) is 11.5. The number of nitrogens with zero attached hydrogens (tertiary/aromatic N) is 1.